The van der Waals surface area contributed by atoms with Gasteiger partial charge in [0.05, 0.1) is 12.8 Å². The van der Waals surface area contributed by atoms with Crippen molar-refractivity contribution in [3.05, 3.63) is 17.0 Å². The first-order valence-corrected chi connectivity index (χ1v) is 9.38. The van der Waals surface area contributed by atoms with Crippen LogP contribution in [0, 0.1) is 13.8 Å². The first-order chi connectivity index (χ1) is 12.7. The molecule has 142 valence electrons. The molecular formula is C18H28N6O2. The van der Waals surface area contributed by atoms with Gasteiger partial charge in [-0.05, 0) is 39.5 Å². The third-order valence-electron chi connectivity index (χ3n) is 4.74. The van der Waals surface area contributed by atoms with Crippen molar-refractivity contribution in [3.63, 3.8) is 0 Å². The number of aromatic nitrogens is 4. The number of methoxy groups -OCH3 is 1. The Morgan fingerprint density at radius 1 is 1.08 bits per heavy atom. The topological polar surface area (TPSA) is 89.2 Å². The van der Waals surface area contributed by atoms with Gasteiger partial charge < -0.3 is 19.5 Å². The zero-order valence-corrected chi connectivity index (χ0v) is 15.9. The van der Waals surface area contributed by atoms with Crippen LogP contribution < -0.4 is 15.0 Å². The number of ether oxygens (including phenoxy) is 1. The summed E-state index contributed by atoms with van der Waals surface area (Å²) < 4.78 is 10.5. The van der Waals surface area contributed by atoms with Gasteiger partial charge in [0.25, 0.3) is 0 Å². The normalized spacial score (nSPS) is 15.0. The number of aryl methyl sites for hydroxylation is 2. The average Bonchev–Trinajstić information content (AvgIpc) is 2.85. The maximum absolute atomic E-state index is 5.26. The van der Waals surface area contributed by atoms with E-state index in [0.29, 0.717) is 17.9 Å². The standard InChI is InChI=1S/C18H28N6O2/c1-13-15(14(2)26-23-13)9-8-10-19-16-20-17(22-18(21-16)25-3)24-11-6-4-5-7-12-24/h4-12H2,1-3H3,(H,19,20,21,22). The highest BCUT2D eigenvalue weighted by molar-refractivity contribution is 5.38. The molecule has 1 N–H and O–H groups in total. The smallest absolute Gasteiger partial charge is 0.322 e. The molecule has 26 heavy (non-hydrogen) atoms. The van der Waals surface area contributed by atoms with Gasteiger partial charge in [0, 0.05) is 25.2 Å². The lowest BCUT2D eigenvalue weighted by molar-refractivity contribution is 0.378. The fourth-order valence-corrected chi connectivity index (χ4v) is 3.25. The highest BCUT2D eigenvalue weighted by atomic mass is 16.5. The fourth-order valence-electron chi connectivity index (χ4n) is 3.25. The van der Waals surface area contributed by atoms with Crippen LogP contribution in [0.2, 0.25) is 0 Å². The molecule has 0 aliphatic carbocycles. The van der Waals surface area contributed by atoms with Crippen LogP contribution in [0.1, 0.15) is 49.1 Å². The highest BCUT2D eigenvalue weighted by Crippen LogP contribution is 2.19. The fraction of sp³-hybridized carbons (Fsp3) is 0.667. The molecule has 8 nitrogen and oxygen atoms in total. The number of nitrogens with one attached hydrogen (secondary N) is 1. The third kappa shape index (κ3) is 4.62. The van der Waals surface area contributed by atoms with Crippen LogP contribution in [-0.4, -0.2) is 46.9 Å². The van der Waals surface area contributed by atoms with E-state index in [9.17, 15) is 0 Å². The van der Waals surface area contributed by atoms with Gasteiger partial charge in [0.1, 0.15) is 5.76 Å². The van der Waals surface area contributed by atoms with Gasteiger partial charge in [0.2, 0.25) is 11.9 Å². The molecule has 1 aliphatic heterocycles. The van der Waals surface area contributed by atoms with Crippen molar-refractivity contribution in [1.29, 1.82) is 0 Å². The molecular weight excluding hydrogens is 332 g/mol. The first-order valence-electron chi connectivity index (χ1n) is 9.38. The number of nitrogens with zero attached hydrogens (tertiary/aromatic N) is 5. The van der Waals surface area contributed by atoms with Crippen molar-refractivity contribution in [2.75, 3.05) is 37.0 Å². The second kappa shape index (κ2) is 8.82. The van der Waals surface area contributed by atoms with E-state index in [1.807, 2.05) is 13.8 Å². The maximum Gasteiger partial charge on any atom is 0.322 e. The van der Waals surface area contributed by atoms with E-state index in [1.54, 1.807) is 7.11 Å². The van der Waals surface area contributed by atoms with Crippen LogP contribution >= 0.6 is 0 Å². The predicted octanol–water partition coefficient (Wildman–Crippen LogP) is 2.91. The summed E-state index contributed by atoms with van der Waals surface area (Å²) in [4.78, 5) is 15.6. The lowest BCUT2D eigenvalue weighted by Crippen LogP contribution is -2.26. The van der Waals surface area contributed by atoms with Gasteiger partial charge in [-0.1, -0.05) is 18.0 Å². The highest BCUT2D eigenvalue weighted by Gasteiger charge is 2.16. The summed E-state index contributed by atoms with van der Waals surface area (Å²) in [5, 5.41) is 7.29. The van der Waals surface area contributed by atoms with Crippen molar-refractivity contribution in [1.82, 2.24) is 20.1 Å². The van der Waals surface area contributed by atoms with Gasteiger partial charge in [-0.3, -0.25) is 0 Å². The van der Waals surface area contributed by atoms with Crippen molar-refractivity contribution < 1.29 is 9.26 Å². The van der Waals surface area contributed by atoms with Crippen molar-refractivity contribution in [2.45, 2.75) is 52.4 Å². The van der Waals surface area contributed by atoms with Gasteiger partial charge >= 0.3 is 6.01 Å². The largest absolute Gasteiger partial charge is 0.467 e. The van der Waals surface area contributed by atoms with Gasteiger partial charge in [-0.2, -0.15) is 15.0 Å². The van der Waals surface area contributed by atoms with Gasteiger partial charge in [-0.25, -0.2) is 0 Å². The Balaban J connectivity index is 1.60. The molecule has 0 spiro atoms. The third-order valence-corrected chi connectivity index (χ3v) is 4.74. The molecule has 0 aromatic carbocycles. The molecule has 2 aromatic rings. The minimum Gasteiger partial charge on any atom is -0.467 e. The molecule has 3 heterocycles. The molecule has 0 radical (unpaired) electrons. The van der Waals surface area contributed by atoms with Crippen molar-refractivity contribution in [2.24, 2.45) is 0 Å². The quantitative estimate of drug-likeness (QED) is 0.754. The van der Waals surface area contributed by atoms with Crippen LogP contribution in [0.25, 0.3) is 0 Å². The van der Waals surface area contributed by atoms with Crippen LogP contribution in [0.5, 0.6) is 6.01 Å². The SMILES string of the molecule is COc1nc(NCCCc2c(C)noc2C)nc(N2CCCCCC2)n1. The Hall–Kier alpha value is -2.38. The minimum atomic E-state index is 0.354. The molecule has 0 bridgehead atoms. The molecule has 1 saturated heterocycles. The van der Waals surface area contributed by atoms with Crippen LogP contribution in [0.15, 0.2) is 4.52 Å². The van der Waals surface area contributed by atoms with Crippen LogP contribution in [-0.2, 0) is 6.42 Å². The molecule has 1 fully saturated rings. The minimum absolute atomic E-state index is 0.354. The number of anilines is 2. The molecule has 2 aromatic heterocycles. The Labute approximate surface area is 154 Å². The van der Waals surface area contributed by atoms with Crippen LogP contribution in [0.4, 0.5) is 11.9 Å². The summed E-state index contributed by atoms with van der Waals surface area (Å²) in [7, 11) is 1.59. The monoisotopic (exact) mass is 360 g/mol. The van der Waals surface area contributed by atoms with E-state index in [-0.39, 0.29) is 0 Å². The molecule has 0 unspecified atom stereocenters. The van der Waals surface area contributed by atoms with E-state index in [1.165, 1.54) is 31.2 Å². The van der Waals surface area contributed by atoms with Gasteiger partial charge in [0.15, 0.2) is 0 Å². The Morgan fingerprint density at radius 3 is 2.50 bits per heavy atom. The number of hydrogen-bond donors (Lipinski definition) is 1. The summed E-state index contributed by atoms with van der Waals surface area (Å²) >= 11 is 0. The summed E-state index contributed by atoms with van der Waals surface area (Å²) in [5.41, 5.74) is 2.15. The average molecular weight is 360 g/mol. The van der Waals surface area contributed by atoms with E-state index >= 15 is 0 Å². The summed E-state index contributed by atoms with van der Waals surface area (Å²) in [5.74, 6) is 2.16. The van der Waals surface area contributed by atoms with Gasteiger partial charge in [-0.15, -0.1) is 0 Å². The molecule has 0 amide bonds. The zero-order chi connectivity index (χ0) is 18.4. The number of hydrogen-bond acceptors (Lipinski definition) is 8. The summed E-state index contributed by atoms with van der Waals surface area (Å²) in [6.45, 7) is 6.66. The van der Waals surface area contributed by atoms with E-state index < -0.39 is 0 Å². The Morgan fingerprint density at radius 2 is 1.85 bits per heavy atom. The van der Waals surface area contributed by atoms with E-state index in [2.05, 4.69) is 30.3 Å². The summed E-state index contributed by atoms with van der Waals surface area (Å²) in [6.07, 6.45) is 6.74. The Bertz CT molecular complexity index is 690. The van der Waals surface area contributed by atoms with E-state index in [4.69, 9.17) is 9.26 Å². The Kier molecular flexibility index (Phi) is 6.25. The number of rotatable bonds is 7. The second-order valence-corrected chi connectivity index (χ2v) is 6.68. The summed E-state index contributed by atoms with van der Waals surface area (Å²) in [6, 6.07) is 0.354. The zero-order valence-electron chi connectivity index (χ0n) is 15.9. The molecule has 0 saturated carbocycles. The molecule has 8 heteroatoms. The van der Waals surface area contributed by atoms with E-state index in [0.717, 1.165) is 43.9 Å². The predicted molar refractivity (Wildman–Crippen MR) is 99.8 cm³/mol. The molecule has 1 aliphatic rings. The lowest BCUT2D eigenvalue weighted by Gasteiger charge is -2.20. The molecule has 3 rings (SSSR count). The maximum atomic E-state index is 5.26. The first kappa shape index (κ1) is 18.4. The van der Waals surface area contributed by atoms with Crippen molar-refractivity contribution >= 4 is 11.9 Å². The lowest BCUT2D eigenvalue weighted by atomic mass is 10.1. The molecule has 0 atom stereocenters. The van der Waals surface area contributed by atoms with Crippen molar-refractivity contribution in [3.8, 4) is 6.01 Å². The second-order valence-electron chi connectivity index (χ2n) is 6.68. The van der Waals surface area contributed by atoms with Crippen LogP contribution in [0.3, 0.4) is 0 Å².